The van der Waals surface area contributed by atoms with E-state index in [0.717, 1.165) is 0 Å². The minimum Gasteiger partial charge on any atom is -0.355 e. The van der Waals surface area contributed by atoms with Crippen molar-refractivity contribution in [3.05, 3.63) is 12.4 Å². The molecule has 0 unspecified atom stereocenters. The number of carbonyl (C=O) groups is 1. The number of hydrogen-bond donors (Lipinski definition) is 3. The summed E-state index contributed by atoms with van der Waals surface area (Å²) >= 11 is 0. The van der Waals surface area contributed by atoms with Crippen molar-refractivity contribution >= 4 is 21.9 Å². The number of hydrogen-bond acceptors (Lipinski definition) is 7. The number of aromatic nitrogens is 2. The Balaban J connectivity index is 2.22. The van der Waals surface area contributed by atoms with Gasteiger partial charge in [-0.15, -0.1) is 0 Å². The lowest BCUT2D eigenvalue weighted by Gasteiger charge is -2.18. The van der Waals surface area contributed by atoms with Crippen LogP contribution in [0.25, 0.3) is 0 Å². The smallest absolute Gasteiger partial charge is 0.246 e. The predicted octanol–water partition coefficient (Wildman–Crippen LogP) is -1.73. The summed E-state index contributed by atoms with van der Waals surface area (Å²) in [5.41, 5.74) is 2.22. The largest absolute Gasteiger partial charge is 0.355 e. The van der Waals surface area contributed by atoms with E-state index in [2.05, 4.69) is 20.7 Å². The Bertz CT molecular complexity index is 558. The molecule has 4 N–H and O–H groups in total. The molecule has 0 aromatic carbocycles. The molecule has 0 bridgehead atoms. The van der Waals surface area contributed by atoms with E-state index in [1.165, 1.54) is 16.7 Å². The van der Waals surface area contributed by atoms with Crippen LogP contribution in [0.5, 0.6) is 0 Å². The van der Waals surface area contributed by atoms with Crippen molar-refractivity contribution < 1.29 is 13.2 Å². The third kappa shape index (κ3) is 2.97. The molecule has 0 spiro atoms. The van der Waals surface area contributed by atoms with Crippen LogP contribution in [0.3, 0.4) is 0 Å². The molecule has 0 aliphatic carbocycles. The molecule has 1 aliphatic heterocycles. The second-order valence-corrected chi connectivity index (χ2v) is 5.83. The molecule has 19 heavy (non-hydrogen) atoms. The first-order chi connectivity index (χ1) is 9.04. The van der Waals surface area contributed by atoms with Crippen LogP contribution in [0.4, 0.5) is 5.95 Å². The lowest BCUT2D eigenvalue weighted by molar-refractivity contribution is -0.120. The summed E-state index contributed by atoms with van der Waals surface area (Å²) in [4.78, 5) is 18.7. The number of sulfonamides is 1. The molecular formula is C9H14N6O3S. The minimum atomic E-state index is -3.69. The van der Waals surface area contributed by atoms with Gasteiger partial charge in [-0.3, -0.25) is 10.2 Å². The zero-order valence-corrected chi connectivity index (χ0v) is 10.9. The Morgan fingerprint density at radius 3 is 2.63 bits per heavy atom. The number of anilines is 1. The molecule has 9 nitrogen and oxygen atoms in total. The van der Waals surface area contributed by atoms with Crippen molar-refractivity contribution in [1.29, 1.82) is 0 Å². The molecule has 0 saturated carbocycles. The van der Waals surface area contributed by atoms with Gasteiger partial charge in [0.25, 0.3) is 0 Å². The highest BCUT2D eigenvalue weighted by Gasteiger charge is 2.27. The zero-order chi connectivity index (χ0) is 13.9. The quantitative estimate of drug-likeness (QED) is 0.444. The fourth-order valence-corrected chi connectivity index (χ4v) is 2.99. The average Bonchev–Trinajstić information content (AvgIpc) is 2.64. The average molecular weight is 286 g/mol. The first-order valence-electron chi connectivity index (χ1n) is 5.59. The molecule has 1 fully saturated rings. The molecule has 0 atom stereocenters. The van der Waals surface area contributed by atoms with Gasteiger partial charge in [-0.05, 0) is 0 Å². The summed E-state index contributed by atoms with van der Waals surface area (Å²) in [7, 11) is -3.69. The van der Waals surface area contributed by atoms with Gasteiger partial charge in [0, 0.05) is 26.1 Å². The molecule has 1 aromatic heterocycles. The Morgan fingerprint density at radius 1 is 1.32 bits per heavy atom. The van der Waals surface area contributed by atoms with E-state index >= 15 is 0 Å². The van der Waals surface area contributed by atoms with Crippen molar-refractivity contribution in [3.63, 3.8) is 0 Å². The van der Waals surface area contributed by atoms with E-state index in [9.17, 15) is 13.2 Å². The molecule has 2 heterocycles. The predicted molar refractivity (Wildman–Crippen MR) is 66.2 cm³/mol. The van der Waals surface area contributed by atoms with E-state index in [1.54, 1.807) is 0 Å². The molecule has 2 rings (SSSR count). The number of nitrogens with one attached hydrogen (secondary N) is 2. The third-order valence-electron chi connectivity index (χ3n) is 2.67. The van der Waals surface area contributed by atoms with Crippen LogP contribution in [0.15, 0.2) is 17.3 Å². The van der Waals surface area contributed by atoms with Gasteiger partial charge < -0.3 is 5.32 Å². The summed E-state index contributed by atoms with van der Waals surface area (Å²) < 4.78 is 25.8. The highest BCUT2D eigenvalue weighted by Crippen LogP contribution is 2.15. The maximum Gasteiger partial charge on any atom is 0.246 e. The first-order valence-corrected chi connectivity index (χ1v) is 7.03. The molecule has 1 aromatic rings. The number of rotatable bonds is 3. The van der Waals surface area contributed by atoms with Gasteiger partial charge in [0.15, 0.2) is 0 Å². The maximum atomic E-state index is 12.3. The topological polar surface area (TPSA) is 130 Å². The van der Waals surface area contributed by atoms with Gasteiger partial charge >= 0.3 is 0 Å². The Morgan fingerprint density at radius 2 is 2.00 bits per heavy atom. The maximum absolute atomic E-state index is 12.3. The molecule has 0 radical (unpaired) electrons. The summed E-state index contributed by atoms with van der Waals surface area (Å²) in [5, 5.41) is 2.61. The van der Waals surface area contributed by atoms with Crippen LogP contribution in [-0.4, -0.2) is 48.2 Å². The zero-order valence-electron chi connectivity index (χ0n) is 10.0. The van der Waals surface area contributed by atoms with E-state index < -0.39 is 10.0 Å². The van der Waals surface area contributed by atoms with Crippen molar-refractivity contribution in [2.24, 2.45) is 5.84 Å². The van der Waals surface area contributed by atoms with Crippen LogP contribution in [0, 0.1) is 0 Å². The van der Waals surface area contributed by atoms with E-state index in [0.29, 0.717) is 6.54 Å². The van der Waals surface area contributed by atoms with Gasteiger partial charge in [-0.25, -0.2) is 24.2 Å². The normalized spacial score (nSPS) is 17.6. The fourth-order valence-electron chi connectivity index (χ4n) is 1.66. The molecular weight excluding hydrogens is 272 g/mol. The number of nitrogen functional groups attached to an aromatic ring is 1. The van der Waals surface area contributed by atoms with Gasteiger partial charge in [0.2, 0.25) is 21.9 Å². The Labute approximate surface area is 110 Å². The standard InChI is InChI=1S/C9H14N6O3S/c10-14-9-12-5-7(6-13-9)19(17,18)15-3-1-8(16)11-2-4-15/h5-6H,1-4,10H2,(H,11,16)(H,12,13,14). The van der Waals surface area contributed by atoms with Crippen LogP contribution in [0.1, 0.15) is 6.42 Å². The van der Waals surface area contributed by atoms with Crippen molar-refractivity contribution in [2.45, 2.75) is 11.3 Å². The molecule has 104 valence electrons. The SMILES string of the molecule is NNc1ncc(S(=O)(=O)N2CCNC(=O)CC2)cn1. The minimum absolute atomic E-state index is 0.0270. The van der Waals surface area contributed by atoms with E-state index in [4.69, 9.17) is 5.84 Å². The van der Waals surface area contributed by atoms with Gasteiger partial charge in [0.1, 0.15) is 4.90 Å². The number of carbonyl (C=O) groups excluding carboxylic acids is 1. The monoisotopic (exact) mass is 286 g/mol. The second-order valence-electron chi connectivity index (χ2n) is 3.89. The van der Waals surface area contributed by atoms with Crippen molar-refractivity contribution in [2.75, 3.05) is 25.1 Å². The molecule has 10 heteroatoms. The van der Waals surface area contributed by atoms with Gasteiger partial charge in [0.05, 0.1) is 12.4 Å². The first kappa shape index (κ1) is 13.6. The summed E-state index contributed by atoms with van der Waals surface area (Å²) in [6.07, 6.45) is 2.50. The summed E-state index contributed by atoms with van der Waals surface area (Å²) in [6, 6.07) is 0. The summed E-state index contributed by atoms with van der Waals surface area (Å²) in [5.74, 6) is 5.08. The molecule has 1 aliphatic rings. The van der Waals surface area contributed by atoms with E-state index in [1.807, 2.05) is 0 Å². The van der Waals surface area contributed by atoms with Crippen molar-refractivity contribution in [3.8, 4) is 0 Å². The van der Waals surface area contributed by atoms with Gasteiger partial charge in [-0.2, -0.15) is 4.31 Å². The third-order valence-corrected chi connectivity index (χ3v) is 4.52. The number of hydrazine groups is 1. The highest BCUT2D eigenvalue weighted by atomic mass is 32.2. The lowest BCUT2D eigenvalue weighted by atomic mass is 10.4. The number of nitrogens with zero attached hydrogens (tertiary/aromatic N) is 3. The Hall–Kier alpha value is -1.78. The second kappa shape index (κ2) is 5.47. The molecule has 1 saturated heterocycles. The van der Waals surface area contributed by atoms with Crippen LogP contribution in [-0.2, 0) is 14.8 Å². The Kier molecular flexibility index (Phi) is 3.93. The van der Waals surface area contributed by atoms with Crippen LogP contribution in [0.2, 0.25) is 0 Å². The molecule has 1 amide bonds. The van der Waals surface area contributed by atoms with Crippen LogP contribution < -0.4 is 16.6 Å². The van der Waals surface area contributed by atoms with E-state index in [-0.39, 0.29) is 36.3 Å². The summed E-state index contributed by atoms with van der Waals surface area (Å²) in [6.45, 7) is 0.664. The number of nitrogens with two attached hydrogens (primary N) is 1. The lowest BCUT2D eigenvalue weighted by Crippen LogP contribution is -2.34. The number of amides is 1. The highest BCUT2D eigenvalue weighted by molar-refractivity contribution is 7.89. The van der Waals surface area contributed by atoms with Crippen LogP contribution >= 0.6 is 0 Å². The van der Waals surface area contributed by atoms with Gasteiger partial charge in [-0.1, -0.05) is 0 Å². The van der Waals surface area contributed by atoms with Crippen molar-refractivity contribution in [1.82, 2.24) is 19.6 Å². The fraction of sp³-hybridized carbons (Fsp3) is 0.444.